The highest BCUT2D eigenvalue weighted by atomic mass is 16.5. The topological polar surface area (TPSA) is 65.0 Å². The molecule has 1 unspecified atom stereocenters. The molecule has 114 valence electrons. The van der Waals surface area contributed by atoms with Crippen LogP contribution in [-0.4, -0.2) is 25.3 Å². The van der Waals surface area contributed by atoms with Gasteiger partial charge in [-0.05, 0) is 30.7 Å². The van der Waals surface area contributed by atoms with E-state index in [2.05, 4.69) is 0 Å². The normalized spacial score (nSPS) is 16.1. The monoisotopic (exact) mass is 300 g/mol. The van der Waals surface area contributed by atoms with Crippen LogP contribution in [0.5, 0.6) is 23.0 Å². The smallest absolute Gasteiger partial charge is 0.323 e. The predicted molar refractivity (Wildman–Crippen MR) is 79.9 cm³/mol. The summed E-state index contributed by atoms with van der Waals surface area (Å²) in [6, 6.07) is 8.86. The number of ether oxygens (including phenoxy) is 3. The van der Waals surface area contributed by atoms with Crippen LogP contribution in [0.15, 0.2) is 30.3 Å². The number of esters is 1. The Morgan fingerprint density at radius 2 is 1.73 bits per heavy atom. The average Bonchev–Trinajstić information content (AvgIpc) is 2.83. The van der Waals surface area contributed by atoms with E-state index in [0.29, 0.717) is 11.3 Å². The van der Waals surface area contributed by atoms with Gasteiger partial charge in [0, 0.05) is 5.56 Å². The second-order valence-corrected chi connectivity index (χ2v) is 5.17. The Kier molecular flexibility index (Phi) is 3.41. The highest BCUT2D eigenvalue weighted by Crippen LogP contribution is 2.44. The van der Waals surface area contributed by atoms with Crippen LogP contribution in [0, 0.1) is 6.92 Å². The fourth-order valence-corrected chi connectivity index (χ4v) is 2.68. The van der Waals surface area contributed by atoms with Crippen molar-refractivity contribution in [1.82, 2.24) is 0 Å². The molecule has 0 radical (unpaired) electrons. The number of methoxy groups -OCH3 is 2. The number of phenols is 1. The first-order valence-electron chi connectivity index (χ1n) is 6.82. The van der Waals surface area contributed by atoms with E-state index in [1.807, 2.05) is 19.1 Å². The Bertz CT molecular complexity index is 726. The fraction of sp³-hybridized carbons (Fsp3) is 0.235. The summed E-state index contributed by atoms with van der Waals surface area (Å²) in [5, 5.41) is 10.00. The predicted octanol–water partition coefficient (Wildman–Crippen LogP) is 2.77. The number of aromatic hydroxyl groups is 1. The van der Waals surface area contributed by atoms with Crippen molar-refractivity contribution in [1.29, 1.82) is 0 Å². The zero-order chi connectivity index (χ0) is 15.9. The van der Waals surface area contributed by atoms with E-state index in [1.54, 1.807) is 18.2 Å². The van der Waals surface area contributed by atoms with Gasteiger partial charge in [0.2, 0.25) is 5.75 Å². The van der Waals surface area contributed by atoms with Crippen molar-refractivity contribution in [2.24, 2.45) is 0 Å². The van der Waals surface area contributed by atoms with Crippen molar-refractivity contribution < 1.29 is 24.1 Å². The van der Waals surface area contributed by atoms with Crippen molar-refractivity contribution >= 4 is 5.97 Å². The minimum absolute atomic E-state index is 0.0930. The van der Waals surface area contributed by atoms with Gasteiger partial charge in [-0.1, -0.05) is 17.7 Å². The molecule has 0 aromatic heterocycles. The Balaban J connectivity index is 2.16. The quantitative estimate of drug-likeness (QED) is 0.697. The maximum atomic E-state index is 12.3. The number of rotatable bonds is 3. The summed E-state index contributed by atoms with van der Waals surface area (Å²) in [6.07, 6.45) is 0. The third-order valence-electron chi connectivity index (χ3n) is 3.76. The van der Waals surface area contributed by atoms with Crippen molar-refractivity contribution in [2.75, 3.05) is 14.2 Å². The number of carbonyl (C=O) groups excluding carboxylic acids is 1. The van der Waals surface area contributed by atoms with Crippen LogP contribution in [-0.2, 0) is 4.79 Å². The highest BCUT2D eigenvalue weighted by Gasteiger charge is 2.35. The first-order chi connectivity index (χ1) is 10.5. The second kappa shape index (κ2) is 5.26. The molecule has 0 amide bonds. The van der Waals surface area contributed by atoms with Gasteiger partial charge < -0.3 is 19.3 Å². The summed E-state index contributed by atoms with van der Waals surface area (Å²) >= 11 is 0. The number of hydrogen-bond acceptors (Lipinski definition) is 5. The lowest BCUT2D eigenvalue weighted by atomic mass is 9.91. The van der Waals surface area contributed by atoms with E-state index in [9.17, 15) is 9.90 Å². The van der Waals surface area contributed by atoms with Crippen molar-refractivity contribution in [3.8, 4) is 23.0 Å². The first kappa shape index (κ1) is 14.3. The van der Waals surface area contributed by atoms with Crippen LogP contribution in [0.4, 0.5) is 0 Å². The van der Waals surface area contributed by atoms with E-state index < -0.39 is 5.92 Å². The van der Waals surface area contributed by atoms with Gasteiger partial charge in [-0.3, -0.25) is 4.79 Å². The average molecular weight is 300 g/mol. The molecule has 1 heterocycles. The number of aryl methyl sites for hydroxylation is 1. The second-order valence-electron chi connectivity index (χ2n) is 5.17. The summed E-state index contributed by atoms with van der Waals surface area (Å²) in [4.78, 5) is 12.3. The van der Waals surface area contributed by atoms with Gasteiger partial charge in [0.1, 0.15) is 11.7 Å². The van der Waals surface area contributed by atoms with Crippen LogP contribution >= 0.6 is 0 Å². The number of benzene rings is 2. The van der Waals surface area contributed by atoms with E-state index in [1.165, 1.54) is 14.2 Å². The third kappa shape index (κ3) is 2.15. The largest absolute Gasteiger partial charge is 0.502 e. The van der Waals surface area contributed by atoms with Crippen LogP contribution in [0.25, 0.3) is 0 Å². The minimum Gasteiger partial charge on any atom is -0.502 e. The lowest BCUT2D eigenvalue weighted by molar-refractivity contribution is -0.133. The molecule has 2 aromatic rings. The van der Waals surface area contributed by atoms with Gasteiger partial charge >= 0.3 is 5.97 Å². The molecule has 1 atom stereocenters. The van der Waals surface area contributed by atoms with Crippen molar-refractivity contribution in [3.05, 3.63) is 47.0 Å². The summed E-state index contributed by atoms with van der Waals surface area (Å²) < 4.78 is 15.6. The number of hydrogen-bond donors (Lipinski definition) is 1. The van der Waals surface area contributed by atoms with Gasteiger partial charge in [-0.2, -0.15) is 0 Å². The van der Waals surface area contributed by atoms with Crippen LogP contribution in [0.1, 0.15) is 22.6 Å². The maximum absolute atomic E-state index is 12.3. The molecule has 0 spiro atoms. The molecule has 0 saturated carbocycles. The molecule has 0 saturated heterocycles. The van der Waals surface area contributed by atoms with Gasteiger partial charge in [-0.15, -0.1) is 0 Å². The number of phenolic OH excluding ortho intramolecular Hbond substituents is 1. The fourth-order valence-electron chi connectivity index (χ4n) is 2.68. The molecule has 2 aromatic carbocycles. The number of carbonyl (C=O) groups is 1. The van der Waals surface area contributed by atoms with E-state index in [4.69, 9.17) is 14.2 Å². The molecular weight excluding hydrogens is 284 g/mol. The van der Waals surface area contributed by atoms with Gasteiger partial charge in [0.25, 0.3) is 0 Å². The van der Waals surface area contributed by atoms with E-state index in [-0.39, 0.29) is 23.2 Å². The summed E-state index contributed by atoms with van der Waals surface area (Å²) in [6.45, 7) is 1.96. The molecule has 0 fully saturated rings. The highest BCUT2D eigenvalue weighted by molar-refractivity contribution is 5.90. The first-order valence-corrected chi connectivity index (χ1v) is 6.82. The molecule has 1 aliphatic rings. The SMILES string of the molecule is COc1cc(C2C(=O)Oc3ccc(C)cc32)cc(OC)c1O. The third-order valence-corrected chi connectivity index (χ3v) is 3.76. The Labute approximate surface area is 128 Å². The summed E-state index contributed by atoms with van der Waals surface area (Å²) in [5.74, 6) is 0.0661. The van der Waals surface area contributed by atoms with Crippen LogP contribution in [0.3, 0.4) is 0 Å². The van der Waals surface area contributed by atoms with Gasteiger partial charge in [0.05, 0.1) is 14.2 Å². The molecule has 5 heteroatoms. The van der Waals surface area contributed by atoms with Crippen molar-refractivity contribution in [3.63, 3.8) is 0 Å². The molecule has 22 heavy (non-hydrogen) atoms. The minimum atomic E-state index is -0.557. The Morgan fingerprint density at radius 3 is 2.32 bits per heavy atom. The Hall–Kier alpha value is -2.69. The van der Waals surface area contributed by atoms with Crippen molar-refractivity contribution in [2.45, 2.75) is 12.8 Å². The van der Waals surface area contributed by atoms with Gasteiger partial charge in [0.15, 0.2) is 11.5 Å². The summed E-state index contributed by atoms with van der Waals surface area (Å²) in [5.41, 5.74) is 2.50. The van der Waals surface area contributed by atoms with Crippen LogP contribution in [0.2, 0.25) is 0 Å². The molecule has 5 nitrogen and oxygen atoms in total. The molecule has 0 aliphatic carbocycles. The zero-order valence-electron chi connectivity index (χ0n) is 12.5. The standard InChI is InChI=1S/C17H16O5/c1-9-4-5-12-11(6-9)15(17(19)22-12)10-7-13(20-2)16(18)14(8-10)21-3/h4-8,15,18H,1-3H3. The molecular formula is C17H16O5. The lowest BCUT2D eigenvalue weighted by Gasteiger charge is -2.14. The zero-order valence-corrected chi connectivity index (χ0v) is 12.5. The summed E-state index contributed by atoms with van der Waals surface area (Å²) in [7, 11) is 2.90. The molecule has 0 bridgehead atoms. The maximum Gasteiger partial charge on any atom is 0.323 e. The Morgan fingerprint density at radius 1 is 1.09 bits per heavy atom. The van der Waals surface area contributed by atoms with Crippen LogP contribution < -0.4 is 14.2 Å². The number of fused-ring (bicyclic) bond motifs is 1. The van der Waals surface area contributed by atoms with E-state index >= 15 is 0 Å². The molecule has 3 rings (SSSR count). The molecule has 1 aliphatic heterocycles. The van der Waals surface area contributed by atoms with Gasteiger partial charge in [-0.25, -0.2) is 0 Å². The lowest BCUT2D eigenvalue weighted by Crippen LogP contribution is -2.12. The molecule has 1 N–H and O–H groups in total. The van der Waals surface area contributed by atoms with E-state index in [0.717, 1.165) is 11.1 Å².